The van der Waals surface area contributed by atoms with Crippen LogP contribution in [0, 0.1) is 5.92 Å². The lowest BCUT2D eigenvalue weighted by atomic mass is 9.94. The van der Waals surface area contributed by atoms with E-state index in [0.717, 1.165) is 0 Å². The van der Waals surface area contributed by atoms with E-state index >= 15 is 0 Å². The summed E-state index contributed by atoms with van der Waals surface area (Å²) in [6, 6.07) is 0. The number of nitrogens with one attached hydrogen (secondary N) is 1. The molecule has 0 saturated carbocycles. The molecule has 13 heavy (non-hydrogen) atoms. The largest absolute Gasteiger partial charge is 0.369 e. The summed E-state index contributed by atoms with van der Waals surface area (Å²) < 4.78 is 0. The van der Waals surface area contributed by atoms with E-state index in [0.29, 0.717) is 5.70 Å². The first-order chi connectivity index (χ1) is 6.04. The minimum absolute atomic E-state index is 0.231. The molecule has 0 aromatic heterocycles. The molecule has 1 unspecified atom stereocenters. The zero-order valence-corrected chi connectivity index (χ0v) is 7.20. The fourth-order valence-electron chi connectivity index (χ4n) is 1.25. The molecule has 0 spiro atoms. The molecule has 0 fully saturated rings. The summed E-state index contributed by atoms with van der Waals surface area (Å²) in [6.45, 7) is 1.67. The fourth-order valence-corrected chi connectivity index (χ4v) is 1.25. The Bertz CT molecular complexity index is 317. The van der Waals surface area contributed by atoms with Gasteiger partial charge < -0.3 is 16.8 Å². The maximum atomic E-state index is 11.0. The predicted molar refractivity (Wildman–Crippen MR) is 46.9 cm³/mol. The maximum absolute atomic E-state index is 11.0. The first kappa shape index (κ1) is 9.31. The van der Waals surface area contributed by atoms with Crippen LogP contribution in [-0.4, -0.2) is 11.8 Å². The molecule has 1 atom stereocenters. The molecule has 1 heterocycles. The van der Waals surface area contributed by atoms with Gasteiger partial charge in [0, 0.05) is 5.70 Å². The number of primary amides is 2. The molecular weight excluding hydrogens is 170 g/mol. The summed E-state index contributed by atoms with van der Waals surface area (Å²) in [4.78, 5) is 21.9. The molecule has 0 saturated heterocycles. The highest BCUT2D eigenvalue weighted by atomic mass is 16.2. The highest BCUT2D eigenvalue weighted by Crippen LogP contribution is 2.18. The highest BCUT2D eigenvalue weighted by Gasteiger charge is 2.26. The zero-order chi connectivity index (χ0) is 10.0. The molecule has 0 bridgehead atoms. The molecule has 5 heteroatoms. The Hall–Kier alpha value is -1.78. The van der Waals surface area contributed by atoms with Crippen LogP contribution in [0.3, 0.4) is 0 Å². The number of dihydropyridines is 1. The Morgan fingerprint density at radius 1 is 1.46 bits per heavy atom. The van der Waals surface area contributed by atoms with Gasteiger partial charge in [0.1, 0.15) is 0 Å². The average molecular weight is 181 g/mol. The number of hydrogen-bond acceptors (Lipinski definition) is 3. The fraction of sp³-hybridized carbons (Fsp3) is 0.250. The van der Waals surface area contributed by atoms with E-state index in [1.165, 1.54) is 6.08 Å². The molecular formula is C8H11N3O2. The minimum Gasteiger partial charge on any atom is -0.369 e. The van der Waals surface area contributed by atoms with E-state index in [1.807, 2.05) is 0 Å². The van der Waals surface area contributed by atoms with Crippen molar-refractivity contribution in [3.05, 3.63) is 23.5 Å². The van der Waals surface area contributed by atoms with Gasteiger partial charge in [-0.3, -0.25) is 9.59 Å². The van der Waals surface area contributed by atoms with Crippen molar-refractivity contribution in [3.63, 3.8) is 0 Å². The summed E-state index contributed by atoms with van der Waals surface area (Å²) in [7, 11) is 0. The van der Waals surface area contributed by atoms with Crippen LogP contribution in [0.1, 0.15) is 6.92 Å². The number of nitrogens with two attached hydrogens (primary N) is 2. The van der Waals surface area contributed by atoms with Crippen LogP contribution in [0.15, 0.2) is 23.5 Å². The lowest BCUT2D eigenvalue weighted by Crippen LogP contribution is -2.34. The minimum atomic E-state index is -0.709. The summed E-state index contributed by atoms with van der Waals surface area (Å²) in [6.07, 6.45) is 3.08. The van der Waals surface area contributed by atoms with Crippen molar-refractivity contribution in [1.82, 2.24) is 5.32 Å². The Morgan fingerprint density at radius 2 is 2.08 bits per heavy atom. The van der Waals surface area contributed by atoms with E-state index in [2.05, 4.69) is 5.32 Å². The third-order valence-electron chi connectivity index (χ3n) is 1.88. The van der Waals surface area contributed by atoms with Crippen molar-refractivity contribution >= 4 is 11.8 Å². The van der Waals surface area contributed by atoms with E-state index in [-0.39, 0.29) is 5.57 Å². The summed E-state index contributed by atoms with van der Waals surface area (Å²) in [5, 5.41) is 2.79. The molecule has 2 amide bonds. The van der Waals surface area contributed by atoms with Crippen molar-refractivity contribution in [1.29, 1.82) is 0 Å². The number of rotatable bonds is 2. The lowest BCUT2D eigenvalue weighted by Gasteiger charge is -2.18. The Balaban J connectivity index is 3.08. The maximum Gasteiger partial charge on any atom is 0.247 e. The predicted octanol–water partition coefficient (Wildman–Crippen LogP) is -1.04. The monoisotopic (exact) mass is 181 g/mol. The first-order valence-electron chi connectivity index (χ1n) is 3.77. The number of amides is 2. The van der Waals surface area contributed by atoms with Crippen molar-refractivity contribution < 1.29 is 9.59 Å². The van der Waals surface area contributed by atoms with Crippen LogP contribution in [0.4, 0.5) is 0 Å². The van der Waals surface area contributed by atoms with E-state index < -0.39 is 17.7 Å². The van der Waals surface area contributed by atoms with Crippen LogP contribution in [-0.2, 0) is 9.59 Å². The molecule has 1 aliphatic heterocycles. The standard InChI is InChI=1S/C8H11N3O2/c1-4-6(8(10)13)5(7(9)12)2-3-11-4/h2-3,5,11H,1H3,(H2,9,12)(H2,10,13). The second kappa shape index (κ2) is 3.30. The molecule has 0 aliphatic carbocycles. The summed E-state index contributed by atoms with van der Waals surface area (Å²) in [5.41, 5.74) is 11.0. The van der Waals surface area contributed by atoms with Gasteiger partial charge in [-0.15, -0.1) is 0 Å². The quantitative estimate of drug-likeness (QED) is 0.507. The molecule has 1 rings (SSSR count). The van der Waals surface area contributed by atoms with Crippen molar-refractivity contribution in [2.45, 2.75) is 6.92 Å². The SMILES string of the molecule is CC1=C(C(N)=O)C(C(N)=O)C=CN1. The molecule has 0 aromatic carbocycles. The Morgan fingerprint density at radius 3 is 2.46 bits per heavy atom. The van der Waals surface area contributed by atoms with Gasteiger partial charge in [0.25, 0.3) is 0 Å². The molecule has 0 aromatic rings. The van der Waals surface area contributed by atoms with Crippen LogP contribution in [0.2, 0.25) is 0 Å². The zero-order valence-electron chi connectivity index (χ0n) is 7.20. The van der Waals surface area contributed by atoms with Gasteiger partial charge in [0.05, 0.1) is 11.5 Å². The van der Waals surface area contributed by atoms with Gasteiger partial charge >= 0.3 is 0 Å². The van der Waals surface area contributed by atoms with Crippen molar-refractivity contribution in [2.75, 3.05) is 0 Å². The second-order valence-corrected chi connectivity index (χ2v) is 2.79. The van der Waals surface area contributed by atoms with Crippen molar-refractivity contribution in [2.24, 2.45) is 17.4 Å². The Kier molecular flexibility index (Phi) is 2.36. The van der Waals surface area contributed by atoms with E-state index in [4.69, 9.17) is 11.5 Å². The molecule has 70 valence electrons. The smallest absolute Gasteiger partial charge is 0.247 e. The molecule has 1 aliphatic rings. The van der Waals surface area contributed by atoms with Gasteiger partial charge in [-0.05, 0) is 13.1 Å². The molecule has 5 N–H and O–H groups in total. The third-order valence-corrected chi connectivity index (χ3v) is 1.88. The third kappa shape index (κ3) is 1.69. The summed E-state index contributed by atoms with van der Waals surface area (Å²) >= 11 is 0. The lowest BCUT2D eigenvalue weighted by molar-refractivity contribution is -0.122. The van der Waals surface area contributed by atoms with Gasteiger partial charge in [0.2, 0.25) is 11.8 Å². The van der Waals surface area contributed by atoms with Crippen LogP contribution >= 0.6 is 0 Å². The van der Waals surface area contributed by atoms with Gasteiger partial charge in [0.15, 0.2) is 0 Å². The van der Waals surface area contributed by atoms with E-state index in [9.17, 15) is 9.59 Å². The first-order valence-corrected chi connectivity index (χ1v) is 3.77. The normalized spacial score (nSPS) is 21.2. The number of hydrogen-bond donors (Lipinski definition) is 3. The topological polar surface area (TPSA) is 98.2 Å². The molecule has 0 radical (unpaired) electrons. The number of allylic oxidation sites excluding steroid dienone is 1. The average Bonchev–Trinajstić information content (AvgIpc) is 2.02. The Labute approximate surface area is 75.5 Å². The number of carbonyl (C=O) groups is 2. The highest BCUT2D eigenvalue weighted by molar-refractivity contribution is 6.00. The van der Waals surface area contributed by atoms with Gasteiger partial charge in [-0.25, -0.2) is 0 Å². The molecule has 5 nitrogen and oxygen atoms in total. The number of carbonyl (C=O) groups excluding carboxylic acids is 2. The van der Waals surface area contributed by atoms with Crippen molar-refractivity contribution in [3.8, 4) is 0 Å². The van der Waals surface area contributed by atoms with Gasteiger partial charge in [-0.1, -0.05) is 6.08 Å². The van der Waals surface area contributed by atoms with Crippen LogP contribution in [0.5, 0.6) is 0 Å². The summed E-state index contributed by atoms with van der Waals surface area (Å²) in [5.74, 6) is -1.91. The van der Waals surface area contributed by atoms with Crippen LogP contribution < -0.4 is 16.8 Å². The second-order valence-electron chi connectivity index (χ2n) is 2.79. The van der Waals surface area contributed by atoms with Crippen LogP contribution in [0.25, 0.3) is 0 Å². The van der Waals surface area contributed by atoms with Gasteiger partial charge in [-0.2, -0.15) is 0 Å². The van der Waals surface area contributed by atoms with E-state index in [1.54, 1.807) is 13.1 Å².